The van der Waals surface area contributed by atoms with Crippen molar-refractivity contribution in [2.45, 2.75) is 45.0 Å². The second kappa shape index (κ2) is 5.87. The van der Waals surface area contributed by atoms with E-state index in [0.29, 0.717) is 6.10 Å². The van der Waals surface area contributed by atoms with Crippen molar-refractivity contribution < 1.29 is 9.47 Å². The van der Waals surface area contributed by atoms with Gasteiger partial charge in [-0.05, 0) is 37.5 Å². The Morgan fingerprint density at radius 3 is 2.47 bits per heavy atom. The average Bonchev–Trinajstić information content (AvgIpc) is 2.82. The van der Waals surface area contributed by atoms with E-state index in [4.69, 9.17) is 9.47 Å². The van der Waals surface area contributed by atoms with E-state index in [-0.39, 0.29) is 6.29 Å². The molecule has 1 aromatic carbocycles. The summed E-state index contributed by atoms with van der Waals surface area (Å²) >= 11 is 0. The van der Waals surface area contributed by atoms with Crippen LogP contribution < -0.4 is 4.74 Å². The first-order valence-electron chi connectivity index (χ1n) is 6.32. The molecule has 0 radical (unpaired) electrons. The highest BCUT2D eigenvalue weighted by atomic mass is 16.7. The molecule has 0 heterocycles. The highest BCUT2D eigenvalue weighted by molar-refractivity contribution is 5.48. The molecule has 1 fully saturated rings. The molecule has 2 nitrogen and oxygen atoms in total. The van der Waals surface area contributed by atoms with Crippen molar-refractivity contribution >= 4 is 6.08 Å². The molecular weight excluding hydrogens is 212 g/mol. The Morgan fingerprint density at radius 1 is 1.24 bits per heavy atom. The zero-order chi connectivity index (χ0) is 12.1. The molecule has 1 atom stereocenters. The Labute approximate surface area is 103 Å². The van der Waals surface area contributed by atoms with E-state index >= 15 is 0 Å². The van der Waals surface area contributed by atoms with E-state index < -0.39 is 0 Å². The molecule has 0 N–H and O–H groups in total. The second-order valence-electron chi connectivity index (χ2n) is 4.50. The van der Waals surface area contributed by atoms with E-state index in [1.807, 2.05) is 37.3 Å². The Bertz CT molecular complexity index is 350. The van der Waals surface area contributed by atoms with E-state index in [1.165, 1.54) is 25.7 Å². The van der Waals surface area contributed by atoms with Gasteiger partial charge < -0.3 is 9.47 Å². The van der Waals surface area contributed by atoms with Gasteiger partial charge in [-0.2, -0.15) is 0 Å². The summed E-state index contributed by atoms with van der Waals surface area (Å²) in [4.78, 5) is 0. The van der Waals surface area contributed by atoms with Crippen molar-refractivity contribution in [2.75, 3.05) is 0 Å². The zero-order valence-corrected chi connectivity index (χ0v) is 10.4. The largest absolute Gasteiger partial charge is 0.465 e. The molecule has 1 aromatic rings. The first-order valence-corrected chi connectivity index (χ1v) is 6.32. The second-order valence-corrected chi connectivity index (χ2v) is 4.50. The van der Waals surface area contributed by atoms with Gasteiger partial charge in [0, 0.05) is 0 Å². The zero-order valence-electron chi connectivity index (χ0n) is 10.4. The van der Waals surface area contributed by atoms with Crippen molar-refractivity contribution in [1.29, 1.82) is 0 Å². The number of ether oxygens (including phenoxy) is 2. The van der Waals surface area contributed by atoms with Gasteiger partial charge in [0.1, 0.15) is 5.75 Å². The molecule has 0 spiro atoms. The molecule has 0 bridgehead atoms. The predicted octanol–water partition coefficient (Wildman–Crippen LogP) is 4.01. The van der Waals surface area contributed by atoms with Crippen LogP contribution in [0, 0.1) is 0 Å². The summed E-state index contributed by atoms with van der Waals surface area (Å²) in [7, 11) is 0. The monoisotopic (exact) mass is 232 g/mol. The maximum atomic E-state index is 5.83. The van der Waals surface area contributed by atoms with Crippen LogP contribution in [0.4, 0.5) is 0 Å². The topological polar surface area (TPSA) is 18.5 Å². The van der Waals surface area contributed by atoms with Crippen LogP contribution >= 0.6 is 0 Å². The molecule has 0 amide bonds. The van der Waals surface area contributed by atoms with Crippen LogP contribution in [0.2, 0.25) is 0 Å². The number of benzene rings is 1. The van der Waals surface area contributed by atoms with E-state index in [2.05, 4.69) is 6.58 Å². The lowest BCUT2D eigenvalue weighted by Gasteiger charge is -2.19. The first kappa shape index (κ1) is 12.2. The van der Waals surface area contributed by atoms with Gasteiger partial charge in [-0.25, -0.2) is 0 Å². The lowest BCUT2D eigenvalue weighted by atomic mass is 10.2. The normalized spacial score (nSPS) is 17.9. The van der Waals surface area contributed by atoms with Crippen molar-refractivity contribution in [3.05, 3.63) is 36.4 Å². The minimum absolute atomic E-state index is 0.173. The summed E-state index contributed by atoms with van der Waals surface area (Å²) < 4.78 is 11.5. The summed E-state index contributed by atoms with van der Waals surface area (Å²) in [6, 6.07) is 7.88. The SMILES string of the molecule is C=Cc1ccc(OC(C)OC2CCCC2)cc1. The fourth-order valence-corrected chi connectivity index (χ4v) is 2.20. The van der Waals surface area contributed by atoms with E-state index in [1.54, 1.807) is 0 Å². The minimum atomic E-state index is -0.173. The Balaban J connectivity index is 1.83. The molecule has 0 aromatic heterocycles. The molecule has 2 heteroatoms. The molecule has 0 saturated heterocycles. The lowest BCUT2D eigenvalue weighted by molar-refractivity contribution is -0.104. The van der Waals surface area contributed by atoms with Crippen molar-refractivity contribution in [1.82, 2.24) is 0 Å². The third kappa shape index (κ3) is 3.60. The highest BCUT2D eigenvalue weighted by Crippen LogP contribution is 2.23. The Hall–Kier alpha value is -1.28. The third-order valence-corrected chi connectivity index (χ3v) is 3.10. The van der Waals surface area contributed by atoms with Crippen molar-refractivity contribution in [3.8, 4) is 5.75 Å². The fraction of sp³-hybridized carbons (Fsp3) is 0.467. The molecule has 1 aliphatic rings. The van der Waals surface area contributed by atoms with Crippen LogP contribution in [-0.4, -0.2) is 12.4 Å². The maximum absolute atomic E-state index is 5.83. The van der Waals surface area contributed by atoms with Gasteiger partial charge in [-0.1, -0.05) is 37.6 Å². The van der Waals surface area contributed by atoms with Crippen LogP contribution in [0.1, 0.15) is 38.2 Å². The van der Waals surface area contributed by atoms with Crippen molar-refractivity contribution in [2.24, 2.45) is 0 Å². The summed E-state index contributed by atoms with van der Waals surface area (Å²) in [5.74, 6) is 0.848. The minimum Gasteiger partial charge on any atom is -0.465 e. The van der Waals surface area contributed by atoms with Crippen LogP contribution in [0.3, 0.4) is 0 Å². The maximum Gasteiger partial charge on any atom is 0.197 e. The van der Waals surface area contributed by atoms with Gasteiger partial charge in [0.2, 0.25) is 0 Å². The van der Waals surface area contributed by atoms with Gasteiger partial charge >= 0.3 is 0 Å². The fourth-order valence-electron chi connectivity index (χ4n) is 2.20. The predicted molar refractivity (Wildman–Crippen MR) is 70.0 cm³/mol. The summed E-state index contributed by atoms with van der Waals surface area (Å²) in [5.41, 5.74) is 1.10. The number of rotatable bonds is 5. The number of hydrogen-bond donors (Lipinski definition) is 0. The molecule has 1 aliphatic carbocycles. The smallest absolute Gasteiger partial charge is 0.197 e. The van der Waals surface area contributed by atoms with Gasteiger partial charge in [0.05, 0.1) is 6.10 Å². The molecular formula is C15H20O2. The summed E-state index contributed by atoms with van der Waals surface area (Å²) in [5, 5.41) is 0. The molecule has 0 aliphatic heterocycles. The van der Waals surface area contributed by atoms with Gasteiger partial charge in [0.25, 0.3) is 0 Å². The average molecular weight is 232 g/mol. The van der Waals surface area contributed by atoms with Gasteiger partial charge in [0.15, 0.2) is 6.29 Å². The van der Waals surface area contributed by atoms with Crippen molar-refractivity contribution in [3.63, 3.8) is 0 Å². The molecule has 17 heavy (non-hydrogen) atoms. The Kier molecular flexibility index (Phi) is 4.21. The Morgan fingerprint density at radius 2 is 1.88 bits per heavy atom. The molecule has 1 unspecified atom stereocenters. The summed E-state index contributed by atoms with van der Waals surface area (Å²) in [6.45, 7) is 5.68. The third-order valence-electron chi connectivity index (χ3n) is 3.10. The van der Waals surface area contributed by atoms with E-state index in [0.717, 1.165) is 11.3 Å². The highest BCUT2D eigenvalue weighted by Gasteiger charge is 2.18. The van der Waals surface area contributed by atoms with Gasteiger partial charge in [-0.3, -0.25) is 0 Å². The van der Waals surface area contributed by atoms with Crippen LogP contribution in [0.5, 0.6) is 5.75 Å². The first-order chi connectivity index (χ1) is 8.28. The lowest BCUT2D eigenvalue weighted by Crippen LogP contribution is -2.22. The number of hydrogen-bond acceptors (Lipinski definition) is 2. The van der Waals surface area contributed by atoms with Crippen LogP contribution in [0.25, 0.3) is 6.08 Å². The molecule has 92 valence electrons. The standard InChI is InChI=1S/C15H20O2/c1-3-13-8-10-15(11-9-13)17-12(2)16-14-6-4-5-7-14/h3,8-12,14H,1,4-7H2,2H3. The van der Waals surface area contributed by atoms with E-state index in [9.17, 15) is 0 Å². The molecule has 1 saturated carbocycles. The quantitative estimate of drug-likeness (QED) is 0.714. The van der Waals surface area contributed by atoms with Crippen LogP contribution in [-0.2, 0) is 4.74 Å². The molecule has 2 rings (SSSR count). The summed E-state index contributed by atoms with van der Waals surface area (Å²) in [6.07, 6.45) is 6.94. The van der Waals surface area contributed by atoms with Gasteiger partial charge in [-0.15, -0.1) is 0 Å². The van der Waals surface area contributed by atoms with Crippen LogP contribution in [0.15, 0.2) is 30.8 Å².